The van der Waals surface area contributed by atoms with Crippen molar-refractivity contribution >= 4 is 34.0 Å². The molecule has 0 spiro atoms. The number of aromatic nitrogens is 3. The molecule has 2 N–H and O–H groups in total. The van der Waals surface area contributed by atoms with Gasteiger partial charge in [-0.15, -0.1) is 0 Å². The normalized spacial score (nSPS) is 10.7. The average Bonchev–Trinajstić information content (AvgIpc) is 2.85. The molecule has 3 aromatic carbocycles. The van der Waals surface area contributed by atoms with Gasteiger partial charge in [-0.25, -0.2) is 9.97 Å². The highest BCUT2D eigenvalue weighted by Crippen LogP contribution is 2.24. The number of para-hydroxylation sites is 1. The van der Waals surface area contributed by atoms with Crippen LogP contribution in [0.15, 0.2) is 97.2 Å². The molecule has 0 aliphatic heterocycles. The van der Waals surface area contributed by atoms with Crippen molar-refractivity contribution in [1.29, 1.82) is 0 Å². The molecule has 0 bridgehead atoms. The van der Waals surface area contributed by atoms with Crippen LogP contribution in [0.2, 0.25) is 0 Å². The number of carbonyl (C=O) groups excluding carboxylic acids is 1. The topological polar surface area (TPSA) is 79.8 Å². The SMILES string of the molecule is Cc1nc(Nc2cccc(C(=O)Nc3cccc4cccnc34)c2)cc(-c2ccccc2)n1. The van der Waals surface area contributed by atoms with Gasteiger partial charge >= 0.3 is 0 Å². The first-order valence-corrected chi connectivity index (χ1v) is 10.6. The zero-order valence-corrected chi connectivity index (χ0v) is 18.0. The van der Waals surface area contributed by atoms with Gasteiger partial charge in [-0.1, -0.05) is 54.6 Å². The van der Waals surface area contributed by atoms with Gasteiger partial charge < -0.3 is 10.6 Å². The Morgan fingerprint density at radius 1 is 0.818 bits per heavy atom. The molecule has 33 heavy (non-hydrogen) atoms. The number of carbonyl (C=O) groups is 1. The number of rotatable bonds is 5. The summed E-state index contributed by atoms with van der Waals surface area (Å²) in [5, 5.41) is 7.25. The molecule has 2 heterocycles. The van der Waals surface area contributed by atoms with Crippen LogP contribution in [0.1, 0.15) is 16.2 Å². The van der Waals surface area contributed by atoms with Gasteiger partial charge in [0.1, 0.15) is 11.6 Å². The fraction of sp³-hybridized carbons (Fsp3) is 0.0370. The molecule has 0 saturated carbocycles. The zero-order chi connectivity index (χ0) is 22.6. The third-order valence-electron chi connectivity index (χ3n) is 5.19. The van der Waals surface area contributed by atoms with E-state index in [4.69, 9.17) is 0 Å². The van der Waals surface area contributed by atoms with Crippen molar-refractivity contribution in [3.8, 4) is 11.3 Å². The Morgan fingerprint density at radius 2 is 1.64 bits per heavy atom. The second kappa shape index (κ2) is 8.88. The van der Waals surface area contributed by atoms with Crippen molar-refractivity contribution in [1.82, 2.24) is 15.0 Å². The van der Waals surface area contributed by atoms with Crippen LogP contribution in [0.5, 0.6) is 0 Å². The molecule has 0 radical (unpaired) electrons. The van der Waals surface area contributed by atoms with E-state index in [0.29, 0.717) is 22.9 Å². The number of amides is 1. The predicted molar refractivity (Wildman–Crippen MR) is 132 cm³/mol. The monoisotopic (exact) mass is 431 g/mol. The maximum atomic E-state index is 13.0. The number of pyridine rings is 1. The number of hydrogen-bond acceptors (Lipinski definition) is 5. The van der Waals surface area contributed by atoms with Crippen LogP contribution in [-0.2, 0) is 0 Å². The number of nitrogens with zero attached hydrogens (tertiary/aromatic N) is 3. The second-order valence-electron chi connectivity index (χ2n) is 7.59. The van der Waals surface area contributed by atoms with Crippen LogP contribution in [0.25, 0.3) is 22.2 Å². The predicted octanol–water partition coefficient (Wildman–Crippen LogP) is 6.00. The Hall–Kier alpha value is -4.58. The molecule has 5 rings (SSSR count). The number of aryl methyl sites for hydroxylation is 1. The van der Waals surface area contributed by atoms with E-state index in [9.17, 15) is 4.79 Å². The first kappa shape index (κ1) is 20.3. The van der Waals surface area contributed by atoms with E-state index in [1.807, 2.05) is 85.8 Å². The van der Waals surface area contributed by atoms with Gasteiger partial charge in [0.25, 0.3) is 5.91 Å². The van der Waals surface area contributed by atoms with Crippen LogP contribution >= 0.6 is 0 Å². The molecule has 0 aliphatic rings. The van der Waals surface area contributed by atoms with Crippen molar-refractivity contribution in [3.63, 3.8) is 0 Å². The molecule has 0 aliphatic carbocycles. The van der Waals surface area contributed by atoms with E-state index in [2.05, 4.69) is 25.6 Å². The van der Waals surface area contributed by atoms with Crippen molar-refractivity contribution in [2.24, 2.45) is 0 Å². The molecule has 0 saturated heterocycles. The minimum absolute atomic E-state index is 0.208. The van der Waals surface area contributed by atoms with E-state index in [1.54, 1.807) is 18.3 Å². The third kappa shape index (κ3) is 4.55. The van der Waals surface area contributed by atoms with E-state index in [1.165, 1.54) is 0 Å². The molecule has 160 valence electrons. The number of anilines is 3. The number of hydrogen-bond donors (Lipinski definition) is 2. The first-order valence-electron chi connectivity index (χ1n) is 10.6. The lowest BCUT2D eigenvalue weighted by atomic mass is 10.1. The fourth-order valence-electron chi connectivity index (χ4n) is 3.67. The van der Waals surface area contributed by atoms with E-state index < -0.39 is 0 Å². The van der Waals surface area contributed by atoms with Crippen LogP contribution in [0, 0.1) is 6.92 Å². The highest BCUT2D eigenvalue weighted by atomic mass is 16.1. The number of nitrogens with one attached hydrogen (secondary N) is 2. The smallest absolute Gasteiger partial charge is 0.255 e. The lowest BCUT2D eigenvalue weighted by Gasteiger charge is -2.11. The van der Waals surface area contributed by atoms with Gasteiger partial charge in [-0.05, 0) is 37.3 Å². The average molecular weight is 431 g/mol. The maximum Gasteiger partial charge on any atom is 0.255 e. The quantitative estimate of drug-likeness (QED) is 0.357. The standard InChI is InChI=1S/C27H21N5O/c1-18-29-24(19-8-3-2-4-9-19)17-25(30-18)31-22-13-5-11-21(16-22)27(33)32-23-14-6-10-20-12-7-15-28-26(20)23/h2-17H,1H3,(H,32,33)(H,29,30,31). The minimum Gasteiger partial charge on any atom is -0.340 e. The zero-order valence-electron chi connectivity index (χ0n) is 18.0. The van der Waals surface area contributed by atoms with Crippen molar-refractivity contribution in [3.05, 3.63) is 109 Å². The summed E-state index contributed by atoms with van der Waals surface area (Å²) in [6, 6.07) is 28.7. The van der Waals surface area contributed by atoms with Gasteiger partial charge in [-0.3, -0.25) is 9.78 Å². The molecule has 0 fully saturated rings. The van der Waals surface area contributed by atoms with Crippen molar-refractivity contribution < 1.29 is 4.79 Å². The van der Waals surface area contributed by atoms with Crippen LogP contribution in [-0.4, -0.2) is 20.9 Å². The van der Waals surface area contributed by atoms with Crippen LogP contribution < -0.4 is 10.6 Å². The number of fused-ring (bicyclic) bond motifs is 1. The lowest BCUT2D eigenvalue weighted by Crippen LogP contribution is -2.12. The van der Waals surface area contributed by atoms with Gasteiger partial charge in [0.15, 0.2) is 0 Å². The Morgan fingerprint density at radius 3 is 2.52 bits per heavy atom. The highest BCUT2D eigenvalue weighted by molar-refractivity contribution is 6.08. The molecule has 0 atom stereocenters. The Kier molecular flexibility index (Phi) is 5.47. The van der Waals surface area contributed by atoms with Gasteiger partial charge in [0.2, 0.25) is 0 Å². The Balaban J connectivity index is 1.39. The van der Waals surface area contributed by atoms with Crippen LogP contribution in [0.3, 0.4) is 0 Å². The van der Waals surface area contributed by atoms with E-state index in [-0.39, 0.29) is 5.91 Å². The molecule has 6 heteroatoms. The Bertz CT molecular complexity index is 1440. The van der Waals surface area contributed by atoms with Gasteiger partial charge in [0, 0.05) is 34.5 Å². The fourth-order valence-corrected chi connectivity index (χ4v) is 3.67. The van der Waals surface area contributed by atoms with E-state index >= 15 is 0 Å². The molecule has 5 aromatic rings. The minimum atomic E-state index is -0.208. The maximum absolute atomic E-state index is 13.0. The largest absolute Gasteiger partial charge is 0.340 e. The molecule has 1 amide bonds. The van der Waals surface area contributed by atoms with E-state index in [0.717, 1.165) is 27.8 Å². The Labute approximate surface area is 191 Å². The van der Waals surface area contributed by atoms with Crippen molar-refractivity contribution in [2.45, 2.75) is 6.92 Å². The summed E-state index contributed by atoms with van der Waals surface area (Å²) >= 11 is 0. The molecule has 0 unspecified atom stereocenters. The summed E-state index contributed by atoms with van der Waals surface area (Å²) in [6.07, 6.45) is 1.72. The highest BCUT2D eigenvalue weighted by Gasteiger charge is 2.11. The summed E-state index contributed by atoms with van der Waals surface area (Å²) in [6.45, 7) is 1.86. The second-order valence-corrected chi connectivity index (χ2v) is 7.59. The number of benzene rings is 3. The van der Waals surface area contributed by atoms with Crippen molar-refractivity contribution in [2.75, 3.05) is 10.6 Å². The summed E-state index contributed by atoms with van der Waals surface area (Å²) in [5.74, 6) is 1.12. The molecule has 2 aromatic heterocycles. The third-order valence-corrected chi connectivity index (χ3v) is 5.19. The molecular formula is C27H21N5O. The summed E-state index contributed by atoms with van der Waals surface area (Å²) in [5.41, 5.74) is 4.58. The van der Waals surface area contributed by atoms with Gasteiger partial charge in [-0.2, -0.15) is 0 Å². The first-order chi connectivity index (χ1) is 16.2. The summed E-state index contributed by atoms with van der Waals surface area (Å²) < 4.78 is 0. The molecule has 6 nitrogen and oxygen atoms in total. The summed E-state index contributed by atoms with van der Waals surface area (Å²) in [4.78, 5) is 26.4. The van der Waals surface area contributed by atoms with Crippen LogP contribution in [0.4, 0.5) is 17.2 Å². The lowest BCUT2D eigenvalue weighted by molar-refractivity contribution is 0.102. The molecular weight excluding hydrogens is 410 g/mol. The summed E-state index contributed by atoms with van der Waals surface area (Å²) in [7, 11) is 0. The van der Waals surface area contributed by atoms with Gasteiger partial charge in [0.05, 0.1) is 16.9 Å².